The summed E-state index contributed by atoms with van der Waals surface area (Å²) >= 11 is 10.3. The molecule has 0 atom stereocenters. The quantitative estimate of drug-likeness (QED) is 0.374. The van der Waals surface area contributed by atoms with Crippen LogP contribution in [0.15, 0.2) is 60.7 Å². The number of nitrogens with zero attached hydrogens (tertiary/aromatic N) is 2. The molecule has 0 aliphatic heterocycles. The number of hydrogen-bond acceptors (Lipinski definition) is 2. The van der Waals surface area contributed by atoms with Crippen LogP contribution in [-0.4, -0.2) is 22.7 Å². The number of thiocarbonyl (C=S) groups is 1. The van der Waals surface area contributed by atoms with Crippen molar-refractivity contribution in [2.75, 3.05) is 0 Å². The van der Waals surface area contributed by atoms with Crippen molar-refractivity contribution >= 4 is 42.6 Å². The largest absolute Gasteiger partial charge is 0.411 e. The Kier molecular flexibility index (Phi) is 7.99. The summed E-state index contributed by atoms with van der Waals surface area (Å²) in [6.07, 6.45) is 0. The highest BCUT2D eigenvalue weighted by molar-refractivity contribution is 8.00. The first-order chi connectivity index (χ1) is 10.2. The molecule has 0 radical (unpaired) electrons. The van der Waals surface area contributed by atoms with Crippen molar-refractivity contribution in [1.29, 1.82) is 0 Å². The topological polar surface area (TPSA) is 17.3 Å². The maximum atomic E-state index is 5.16. The number of benzene rings is 2. The molecule has 0 fully saturated rings. The smallest absolute Gasteiger partial charge is 0.256 e. The Morgan fingerprint density at radius 3 is 1.52 bits per heavy atom. The summed E-state index contributed by atoms with van der Waals surface area (Å²) in [4.78, 5) is 2.04. The van der Waals surface area contributed by atoms with E-state index in [0.717, 1.165) is 13.1 Å². The molecule has 0 heterocycles. The fraction of sp³-hybridized carbons (Fsp3) is 0.118. The summed E-state index contributed by atoms with van der Waals surface area (Å²) in [5.41, 5.74) is 2.45. The van der Waals surface area contributed by atoms with E-state index in [1.54, 1.807) is 0 Å². The van der Waals surface area contributed by atoms with E-state index < -0.39 is 0 Å². The van der Waals surface area contributed by atoms with Crippen molar-refractivity contribution in [2.45, 2.75) is 13.1 Å². The van der Waals surface area contributed by atoms with Gasteiger partial charge in [0.25, 0.3) is 13.4 Å². The first-order valence-corrected chi connectivity index (χ1v) is 7.24. The molecule has 2 aromatic carbocycles. The van der Waals surface area contributed by atoms with E-state index in [1.807, 2.05) is 41.3 Å². The van der Waals surface area contributed by atoms with E-state index in [-0.39, 0.29) is 0 Å². The van der Waals surface area contributed by atoms with E-state index in [4.69, 9.17) is 24.8 Å². The minimum absolute atomic E-state index is 0.516. The van der Waals surface area contributed by atoms with Crippen LogP contribution in [0.3, 0.4) is 0 Å². The SMILES string of the molecule is C=[N+]=C.S=C([S-])N(Cc1ccccc1)Cc1ccccc1. The lowest BCUT2D eigenvalue weighted by atomic mass is 10.2. The van der Waals surface area contributed by atoms with Gasteiger partial charge >= 0.3 is 0 Å². The normalized spacial score (nSPS) is 8.95. The third-order valence-electron chi connectivity index (χ3n) is 2.69. The van der Waals surface area contributed by atoms with Crippen LogP contribution in [0.25, 0.3) is 0 Å². The van der Waals surface area contributed by atoms with Gasteiger partial charge in [-0.05, 0) is 11.1 Å². The van der Waals surface area contributed by atoms with Crippen molar-refractivity contribution < 1.29 is 0 Å². The monoisotopic (exact) mass is 314 g/mol. The molecule has 0 bridgehead atoms. The molecule has 0 saturated heterocycles. The van der Waals surface area contributed by atoms with E-state index in [0.29, 0.717) is 4.32 Å². The van der Waals surface area contributed by atoms with Crippen LogP contribution in [0.4, 0.5) is 0 Å². The number of hydrogen-bond donors (Lipinski definition) is 0. The molecule has 0 N–H and O–H groups in total. The van der Waals surface area contributed by atoms with Crippen LogP contribution in [0.2, 0.25) is 0 Å². The van der Waals surface area contributed by atoms with Gasteiger partial charge in [0, 0.05) is 13.1 Å². The van der Waals surface area contributed by atoms with Crippen molar-refractivity contribution in [3.05, 3.63) is 71.8 Å². The second kappa shape index (κ2) is 9.83. The third kappa shape index (κ3) is 6.82. The third-order valence-corrected chi connectivity index (χ3v) is 3.21. The number of rotatable bonds is 4. The second-order valence-electron chi connectivity index (χ2n) is 4.32. The molecular formula is C17H18N2S2. The highest BCUT2D eigenvalue weighted by atomic mass is 32.1. The van der Waals surface area contributed by atoms with Gasteiger partial charge in [0.2, 0.25) is 0 Å². The summed E-state index contributed by atoms with van der Waals surface area (Å²) in [5, 5.41) is 0. The molecular weight excluding hydrogens is 296 g/mol. The minimum Gasteiger partial charge on any atom is -0.411 e. The first-order valence-electron chi connectivity index (χ1n) is 6.43. The lowest BCUT2D eigenvalue weighted by Gasteiger charge is -2.28. The predicted molar refractivity (Wildman–Crippen MR) is 98.5 cm³/mol. The Hall–Kier alpha value is -2.00. The van der Waals surface area contributed by atoms with E-state index in [2.05, 4.69) is 42.4 Å². The summed E-state index contributed by atoms with van der Waals surface area (Å²) < 4.78 is 3.52. The van der Waals surface area contributed by atoms with Gasteiger partial charge in [-0.1, -0.05) is 65.0 Å². The molecule has 0 amide bonds. The summed E-state index contributed by atoms with van der Waals surface area (Å²) in [5.74, 6) is 0. The molecule has 0 unspecified atom stereocenters. The Bertz CT molecular complexity index is 535. The van der Waals surface area contributed by atoms with Crippen LogP contribution in [-0.2, 0) is 25.7 Å². The molecule has 2 aromatic rings. The van der Waals surface area contributed by atoms with Gasteiger partial charge in [0.05, 0.1) is 0 Å². The second-order valence-corrected chi connectivity index (χ2v) is 5.35. The maximum absolute atomic E-state index is 5.16. The molecule has 0 saturated carbocycles. The fourth-order valence-corrected chi connectivity index (χ4v) is 2.05. The summed E-state index contributed by atoms with van der Waals surface area (Å²) in [6, 6.07) is 20.5. The molecule has 0 aliphatic carbocycles. The molecule has 0 spiro atoms. The van der Waals surface area contributed by atoms with Crippen LogP contribution >= 0.6 is 12.2 Å². The molecule has 108 valence electrons. The van der Waals surface area contributed by atoms with Gasteiger partial charge < -0.3 is 29.7 Å². The van der Waals surface area contributed by atoms with Crippen molar-refractivity contribution in [1.82, 2.24) is 9.57 Å². The Morgan fingerprint density at radius 1 is 0.905 bits per heavy atom. The molecule has 2 nitrogen and oxygen atoms in total. The van der Waals surface area contributed by atoms with Crippen LogP contribution in [0, 0.1) is 0 Å². The highest BCUT2D eigenvalue weighted by Crippen LogP contribution is 2.10. The van der Waals surface area contributed by atoms with Gasteiger partial charge in [-0.2, -0.15) is 0 Å². The van der Waals surface area contributed by atoms with Gasteiger partial charge in [-0.25, -0.2) is 0 Å². The van der Waals surface area contributed by atoms with Crippen LogP contribution in [0.5, 0.6) is 0 Å². The maximum Gasteiger partial charge on any atom is 0.256 e. The zero-order valence-electron chi connectivity index (χ0n) is 11.8. The summed E-state index contributed by atoms with van der Waals surface area (Å²) in [7, 11) is 0. The van der Waals surface area contributed by atoms with Crippen molar-refractivity contribution in [3.63, 3.8) is 0 Å². The van der Waals surface area contributed by atoms with Gasteiger partial charge in [0.15, 0.2) is 0 Å². The highest BCUT2D eigenvalue weighted by Gasteiger charge is 2.03. The average molecular weight is 314 g/mol. The van der Waals surface area contributed by atoms with Gasteiger partial charge in [-0.3, -0.25) is 0 Å². The van der Waals surface area contributed by atoms with E-state index in [1.165, 1.54) is 11.1 Å². The lowest BCUT2D eigenvalue weighted by molar-refractivity contribution is 0.421. The molecule has 0 aromatic heterocycles. The average Bonchev–Trinajstić information content (AvgIpc) is 2.49. The fourth-order valence-electron chi connectivity index (χ4n) is 1.79. The Labute approximate surface area is 137 Å². The van der Waals surface area contributed by atoms with Crippen LogP contribution < -0.4 is 4.67 Å². The zero-order chi connectivity index (χ0) is 15.5. The van der Waals surface area contributed by atoms with Crippen LogP contribution in [0.1, 0.15) is 11.1 Å². The van der Waals surface area contributed by atoms with Crippen molar-refractivity contribution in [2.24, 2.45) is 0 Å². The van der Waals surface area contributed by atoms with Gasteiger partial charge in [0.1, 0.15) is 0 Å². The predicted octanol–water partition coefficient (Wildman–Crippen LogP) is 2.98. The zero-order valence-corrected chi connectivity index (χ0v) is 13.4. The molecule has 4 heteroatoms. The van der Waals surface area contributed by atoms with E-state index in [9.17, 15) is 0 Å². The van der Waals surface area contributed by atoms with E-state index >= 15 is 0 Å². The first kappa shape index (κ1) is 17.1. The molecule has 2 rings (SSSR count). The standard InChI is InChI=1S/C15H15NS2.C2H4N/c17-15(18)16(11-13-7-3-1-4-8-13)12-14-9-5-2-6-10-14;1-3-2/h1-10H,11-12H2,(H,17,18);1-2H2/q;+1/p-1. The van der Waals surface area contributed by atoms with Crippen molar-refractivity contribution in [3.8, 4) is 0 Å². The van der Waals surface area contributed by atoms with Gasteiger partial charge in [-0.15, -0.1) is 4.67 Å². The Morgan fingerprint density at radius 2 is 1.24 bits per heavy atom. The molecule has 0 aliphatic rings. The minimum atomic E-state index is 0.516. The summed E-state index contributed by atoms with van der Waals surface area (Å²) in [6.45, 7) is 7.52. The Balaban J connectivity index is 0.000000677. The molecule has 21 heavy (non-hydrogen) atoms. The lowest BCUT2D eigenvalue weighted by Crippen LogP contribution is -2.26.